The number of rotatable bonds is 9. The van der Waals surface area contributed by atoms with Gasteiger partial charge in [-0.25, -0.2) is 0 Å². The third kappa shape index (κ3) is 8.91. The monoisotopic (exact) mass is 654 g/mol. The summed E-state index contributed by atoms with van der Waals surface area (Å²) in [5, 5.41) is 26.7. The van der Waals surface area contributed by atoms with Crippen molar-refractivity contribution in [2.24, 2.45) is 0 Å². The van der Waals surface area contributed by atoms with Crippen LogP contribution in [0.3, 0.4) is 0 Å². The van der Waals surface area contributed by atoms with Crippen LogP contribution < -0.4 is 18.9 Å². The Labute approximate surface area is 287 Å². The number of aliphatic hydroxyl groups is 2. The Hall–Kier alpha value is -4.00. The molecule has 0 aliphatic heterocycles. The molecule has 6 nitrogen and oxygen atoms in total. The van der Waals surface area contributed by atoms with Gasteiger partial charge < -0.3 is 29.2 Å². The van der Waals surface area contributed by atoms with Crippen molar-refractivity contribution < 1.29 is 29.2 Å². The highest BCUT2D eigenvalue weighted by Crippen LogP contribution is 2.51. The van der Waals surface area contributed by atoms with E-state index in [1.807, 2.05) is 132 Å². The molecule has 0 radical (unpaired) electrons. The second kappa shape index (κ2) is 13.1. The van der Waals surface area contributed by atoms with E-state index in [1.165, 1.54) is 0 Å². The van der Waals surface area contributed by atoms with Gasteiger partial charge >= 0.3 is 0 Å². The van der Waals surface area contributed by atoms with E-state index in [4.69, 9.17) is 18.9 Å². The summed E-state index contributed by atoms with van der Waals surface area (Å²) in [6.45, 7) is 23.8. The third-order valence-corrected chi connectivity index (χ3v) is 7.31. The molecule has 2 N–H and O–H groups in total. The van der Waals surface area contributed by atoms with Crippen molar-refractivity contribution in [3.63, 3.8) is 0 Å². The zero-order valence-electron chi connectivity index (χ0n) is 30.8. The van der Waals surface area contributed by atoms with Gasteiger partial charge in [-0.15, -0.1) is 0 Å². The predicted octanol–water partition coefficient (Wildman–Crippen LogP) is 9.57. The molecule has 0 aromatic heterocycles. The van der Waals surface area contributed by atoms with Gasteiger partial charge in [0.1, 0.15) is 45.4 Å². The lowest BCUT2D eigenvalue weighted by Crippen LogP contribution is -2.51. The lowest BCUT2D eigenvalue weighted by atomic mass is 9.66. The predicted molar refractivity (Wildman–Crippen MR) is 193 cm³/mol. The fourth-order valence-electron chi connectivity index (χ4n) is 5.64. The second-order valence-electron chi connectivity index (χ2n) is 16.4. The highest BCUT2D eigenvalue weighted by molar-refractivity contribution is 5.53. The third-order valence-electron chi connectivity index (χ3n) is 7.31. The topological polar surface area (TPSA) is 77.4 Å². The molecule has 0 unspecified atom stereocenters. The van der Waals surface area contributed by atoms with Crippen molar-refractivity contribution in [3.05, 3.63) is 119 Å². The van der Waals surface area contributed by atoms with Crippen LogP contribution in [0.25, 0.3) is 0 Å². The quantitative estimate of drug-likeness (QED) is 0.187. The van der Waals surface area contributed by atoms with E-state index in [-0.39, 0.29) is 0 Å². The van der Waals surface area contributed by atoms with Gasteiger partial charge in [-0.1, -0.05) is 48.5 Å². The van der Waals surface area contributed by atoms with Gasteiger partial charge in [-0.3, -0.25) is 0 Å². The van der Waals surface area contributed by atoms with Crippen molar-refractivity contribution in [3.8, 4) is 23.0 Å². The summed E-state index contributed by atoms with van der Waals surface area (Å²) in [7, 11) is 0. The molecule has 0 bridgehead atoms. The molecule has 48 heavy (non-hydrogen) atoms. The first kappa shape index (κ1) is 36.8. The van der Waals surface area contributed by atoms with E-state index in [0.717, 1.165) is 0 Å². The maximum atomic E-state index is 13.3. The number of ether oxygens (including phenoxy) is 4. The van der Waals surface area contributed by atoms with Crippen LogP contribution in [0.5, 0.6) is 23.0 Å². The molecule has 4 aromatic rings. The Bertz CT molecular complexity index is 1380. The SMILES string of the molecule is CC(C)(C)Oc1ccc(C(O)(c2ccc(OC(C)(C)C)cc2)C(O)(c2ccc(OC(C)(C)C)cc2)c2ccc(OC(C)(C)C)cc2)cc1. The first-order valence-electron chi connectivity index (χ1n) is 16.6. The van der Waals surface area contributed by atoms with Gasteiger partial charge in [0.15, 0.2) is 11.2 Å². The summed E-state index contributed by atoms with van der Waals surface area (Å²) in [5.41, 5.74) is -3.73. The molecule has 0 amide bonds. The Morgan fingerprint density at radius 3 is 0.562 bits per heavy atom. The Kier molecular flexibility index (Phi) is 10.1. The first-order valence-corrected chi connectivity index (χ1v) is 16.6. The average Bonchev–Trinajstić information content (AvgIpc) is 2.94. The van der Waals surface area contributed by atoms with Gasteiger partial charge in [0, 0.05) is 0 Å². The molecule has 0 saturated carbocycles. The van der Waals surface area contributed by atoms with Crippen LogP contribution in [0, 0.1) is 0 Å². The normalized spacial score (nSPS) is 13.2. The van der Waals surface area contributed by atoms with Crippen molar-refractivity contribution >= 4 is 0 Å². The van der Waals surface area contributed by atoms with Crippen LogP contribution >= 0.6 is 0 Å². The standard InChI is InChI=1S/C42H54O6/c1-37(2,3)45-33-21-13-29(14-22-33)41(43,30-15-23-34(24-16-30)46-38(4,5)6)42(44,31-17-25-35(26-18-31)47-39(7,8)9)32-19-27-36(28-20-32)48-40(10,11)12/h13-28,43-44H,1-12H3. The van der Waals surface area contributed by atoms with Crippen LogP contribution in [0.15, 0.2) is 97.1 Å². The minimum atomic E-state index is -1.99. The van der Waals surface area contributed by atoms with E-state index in [9.17, 15) is 10.2 Å². The number of hydrogen-bond donors (Lipinski definition) is 2. The molecular weight excluding hydrogens is 600 g/mol. The van der Waals surface area contributed by atoms with Crippen LogP contribution in [0.1, 0.15) is 105 Å². The summed E-state index contributed by atoms with van der Waals surface area (Å²) in [6, 6.07) is 29.0. The van der Waals surface area contributed by atoms with Crippen molar-refractivity contribution in [1.82, 2.24) is 0 Å². The van der Waals surface area contributed by atoms with E-state index in [2.05, 4.69) is 0 Å². The van der Waals surface area contributed by atoms with E-state index in [1.54, 1.807) is 48.5 Å². The highest BCUT2D eigenvalue weighted by atomic mass is 16.5. The van der Waals surface area contributed by atoms with Crippen molar-refractivity contribution in [1.29, 1.82) is 0 Å². The molecule has 0 fully saturated rings. The Morgan fingerprint density at radius 2 is 0.438 bits per heavy atom. The second-order valence-corrected chi connectivity index (χ2v) is 16.4. The smallest absolute Gasteiger partial charge is 0.152 e. The molecular formula is C42H54O6. The lowest BCUT2D eigenvalue weighted by Gasteiger charge is -2.45. The molecule has 0 aliphatic carbocycles. The molecule has 0 heterocycles. The summed E-state index contributed by atoms with van der Waals surface area (Å²) in [4.78, 5) is 0. The molecule has 0 saturated heterocycles. The molecule has 4 aromatic carbocycles. The van der Waals surface area contributed by atoms with E-state index >= 15 is 0 Å². The molecule has 0 spiro atoms. The largest absolute Gasteiger partial charge is 0.488 e. The fourth-order valence-corrected chi connectivity index (χ4v) is 5.64. The van der Waals surface area contributed by atoms with Gasteiger partial charge in [0.25, 0.3) is 0 Å². The average molecular weight is 655 g/mol. The van der Waals surface area contributed by atoms with E-state index < -0.39 is 33.6 Å². The summed E-state index contributed by atoms with van der Waals surface area (Å²) < 4.78 is 24.4. The van der Waals surface area contributed by atoms with Crippen LogP contribution in [-0.2, 0) is 11.2 Å². The minimum Gasteiger partial charge on any atom is -0.488 e. The lowest BCUT2D eigenvalue weighted by molar-refractivity contribution is -0.113. The minimum absolute atomic E-state index is 0.408. The Balaban J connectivity index is 1.99. The van der Waals surface area contributed by atoms with Gasteiger partial charge in [-0.2, -0.15) is 0 Å². The molecule has 258 valence electrons. The maximum Gasteiger partial charge on any atom is 0.152 e. The molecule has 0 aliphatic rings. The number of hydrogen-bond acceptors (Lipinski definition) is 6. The van der Waals surface area contributed by atoms with E-state index in [0.29, 0.717) is 45.3 Å². The van der Waals surface area contributed by atoms with Gasteiger partial charge in [0.05, 0.1) is 0 Å². The maximum absolute atomic E-state index is 13.3. The summed E-state index contributed by atoms with van der Waals surface area (Å²) >= 11 is 0. The van der Waals surface area contributed by atoms with Gasteiger partial charge in [-0.05, 0) is 154 Å². The van der Waals surface area contributed by atoms with Gasteiger partial charge in [0.2, 0.25) is 0 Å². The zero-order chi connectivity index (χ0) is 35.8. The highest BCUT2D eigenvalue weighted by Gasteiger charge is 2.54. The summed E-state index contributed by atoms with van der Waals surface area (Å²) in [5.74, 6) is 2.61. The first-order chi connectivity index (χ1) is 22.0. The number of benzene rings is 4. The van der Waals surface area contributed by atoms with Crippen molar-refractivity contribution in [2.75, 3.05) is 0 Å². The van der Waals surface area contributed by atoms with Crippen LogP contribution in [0.2, 0.25) is 0 Å². The van der Waals surface area contributed by atoms with Crippen molar-refractivity contribution in [2.45, 2.75) is 117 Å². The Morgan fingerprint density at radius 1 is 0.292 bits per heavy atom. The fraction of sp³-hybridized carbons (Fsp3) is 0.429. The molecule has 4 rings (SSSR count). The summed E-state index contributed by atoms with van der Waals surface area (Å²) in [6.07, 6.45) is 0. The molecule has 6 heteroatoms. The van der Waals surface area contributed by atoms with Crippen LogP contribution in [0.4, 0.5) is 0 Å². The van der Waals surface area contributed by atoms with Crippen LogP contribution in [-0.4, -0.2) is 32.6 Å². The zero-order valence-corrected chi connectivity index (χ0v) is 30.8. The molecule has 0 atom stereocenters.